The fraction of sp³-hybridized carbons (Fsp3) is 0.650. The minimum atomic E-state index is -4.91. The van der Waals surface area contributed by atoms with E-state index >= 15 is 0 Å². The summed E-state index contributed by atoms with van der Waals surface area (Å²) in [5.74, 6) is 0.267. The molecule has 0 aromatic heterocycles. The van der Waals surface area contributed by atoms with E-state index in [2.05, 4.69) is 15.2 Å². The third kappa shape index (κ3) is 6.25. The molecule has 1 saturated heterocycles. The van der Waals surface area contributed by atoms with Crippen LogP contribution in [0.3, 0.4) is 0 Å². The van der Waals surface area contributed by atoms with Gasteiger partial charge in [-0.05, 0) is 38.1 Å². The Labute approximate surface area is 177 Å². The average Bonchev–Trinajstić information content (AvgIpc) is 2.68. The van der Waals surface area contributed by atoms with Crippen molar-refractivity contribution in [2.45, 2.75) is 50.1 Å². The van der Waals surface area contributed by atoms with E-state index in [1.165, 1.54) is 0 Å². The molecule has 1 saturated carbocycles. The number of halogens is 6. The van der Waals surface area contributed by atoms with Gasteiger partial charge in [0.05, 0.1) is 17.2 Å². The van der Waals surface area contributed by atoms with Gasteiger partial charge in [-0.15, -0.1) is 0 Å². The van der Waals surface area contributed by atoms with Crippen molar-refractivity contribution in [1.29, 1.82) is 0 Å². The Morgan fingerprint density at radius 3 is 2.00 bits per heavy atom. The number of hydrogen-bond donors (Lipinski definition) is 2. The molecular weight excluding hydrogens is 424 g/mol. The third-order valence-electron chi connectivity index (χ3n) is 5.72. The van der Waals surface area contributed by atoms with Gasteiger partial charge in [0.2, 0.25) is 0 Å². The standard InChI is InChI=1S/C20H27F6N5/c1-30-6-8-31(9-7-30)18(29-17-5-3-2-4-16(17)27)28-15-11-13(19(21,22)23)10-14(12-15)20(24,25)26/h10-12,16-17H,2-9,27H2,1H3,(H,28,29)/t16-,17-/m0/s1. The Morgan fingerprint density at radius 2 is 1.48 bits per heavy atom. The van der Waals surface area contributed by atoms with E-state index in [0.29, 0.717) is 38.3 Å². The van der Waals surface area contributed by atoms with E-state index in [1.54, 1.807) is 0 Å². The molecule has 0 bridgehead atoms. The molecule has 3 rings (SSSR count). The van der Waals surface area contributed by atoms with Crippen molar-refractivity contribution >= 4 is 11.6 Å². The van der Waals surface area contributed by atoms with Gasteiger partial charge in [-0.3, -0.25) is 0 Å². The molecule has 0 unspecified atom stereocenters. The number of anilines is 1. The first-order valence-electron chi connectivity index (χ1n) is 10.3. The van der Waals surface area contributed by atoms with Crippen LogP contribution in [0.4, 0.5) is 32.0 Å². The van der Waals surface area contributed by atoms with Crippen molar-refractivity contribution < 1.29 is 26.3 Å². The number of rotatable bonds is 2. The van der Waals surface area contributed by atoms with Crippen molar-refractivity contribution in [3.8, 4) is 0 Å². The van der Waals surface area contributed by atoms with Gasteiger partial charge in [0.15, 0.2) is 5.96 Å². The minimum Gasteiger partial charge on any atom is -0.340 e. The number of nitrogens with zero attached hydrogens (tertiary/aromatic N) is 3. The van der Waals surface area contributed by atoms with E-state index in [9.17, 15) is 26.3 Å². The molecule has 0 amide bonds. The van der Waals surface area contributed by atoms with Gasteiger partial charge in [0.25, 0.3) is 0 Å². The predicted octanol–water partition coefficient (Wildman–Crippen LogP) is 4.01. The third-order valence-corrected chi connectivity index (χ3v) is 5.72. The number of aliphatic imine (C=N–C) groups is 1. The summed E-state index contributed by atoms with van der Waals surface area (Å²) in [5.41, 5.74) is 3.15. The van der Waals surface area contributed by atoms with Crippen LogP contribution in [0.5, 0.6) is 0 Å². The zero-order valence-corrected chi connectivity index (χ0v) is 17.2. The molecular formula is C20H27F6N5. The Bertz CT molecular complexity index is 751. The molecule has 1 aliphatic carbocycles. The van der Waals surface area contributed by atoms with Crippen LogP contribution in [-0.4, -0.2) is 61.1 Å². The fourth-order valence-corrected chi connectivity index (χ4v) is 3.82. The van der Waals surface area contributed by atoms with E-state index in [-0.39, 0.29) is 29.8 Å². The minimum absolute atomic E-state index is 0.120. The molecule has 1 aliphatic heterocycles. The van der Waals surface area contributed by atoms with Crippen molar-refractivity contribution in [2.24, 2.45) is 10.7 Å². The first kappa shape index (κ1) is 23.6. The maximum absolute atomic E-state index is 13.2. The molecule has 11 heteroatoms. The number of nitrogens with two attached hydrogens (primary N) is 1. The highest BCUT2D eigenvalue weighted by Crippen LogP contribution is 2.37. The smallest absolute Gasteiger partial charge is 0.340 e. The molecule has 31 heavy (non-hydrogen) atoms. The molecule has 2 aliphatic rings. The Balaban J connectivity index is 1.96. The first-order valence-corrected chi connectivity index (χ1v) is 10.3. The molecule has 1 aromatic carbocycles. The normalized spacial score (nSPS) is 24.4. The number of guanidine groups is 1. The van der Waals surface area contributed by atoms with Gasteiger partial charge in [0.1, 0.15) is 0 Å². The SMILES string of the molecule is CN1CCN(C(=N[C@H]2CCCC[C@@H]2N)Nc2cc(C(F)(F)F)cc(C(F)(F)F)c2)CC1. The fourth-order valence-electron chi connectivity index (χ4n) is 3.82. The largest absolute Gasteiger partial charge is 0.416 e. The molecule has 5 nitrogen and oxygen atoms in total. The van der Waals surface area contributed by atoms with E-state index < -0.39 is 23.5 Å². The summed E-state index contributed by atoms with van der Waals surface area (Å²) in [5, 5.41) is 2.76. The van der Waals surface area contributed by atoms with Crippen LogP contribution < -0.4 is 11.1 Å². The molecule has 0 spiro atoms. The van der Waals surface area contributed by atoms with Gasteiger partial charge in [-0.25, -0.2) is 4.99 Å². The van der Waals surface area contributed by atoms with Gasteiger partial charge in [0, 0.05) is 37.9 Å². The van der Waals surface area contributed by atoms with Gasteiger partial charge in [-0.1, -0.05) is 12.8 Å². The predicted molar refractivity (Wildman–Crippen MR) is 107 cm³/mol. The molecule has 0 radical (unpaired) electrons. The van der Waals surface area contributed by atoms with Gasteiger partial charge in [-0.2, -0.15) is 26.3 Å². The summed E-state index contributed by atoms with van der Waals surface area (Å²) in [7, 11) is 1.95. The van der Waals surface area contributed by atoms with Gasteiger partial charge < -0.3 is 20.9 Å². The van der Waals surface area contributed by atoms with E-state index in [1.807, 2.05) is 11.9 Å². The Kier molecular flexibility index (Phi) is 7.04. The summed E-state index contributed by atoms with van der Waals surface area (Å²) < 4.78 is 79.4. The van der Waals surface area contributed by atoms with Crippen LogP contribution >= 0.6 is 0 Å². The lowest BCUT2D eigenvalue weighted by Crippen LogP contribution is -2.50. The Hall–Kier alpha value is -2.01. The second-order valence-corrected chi connectivity index (χ2v) is 8.18. The molecule has 1 heterocycles. The first-order chi connectivity index (χ1) is 14.4. The van der Waals surface area contributed by atoms with Crippen molar-refractivity contribution in [3.05, 3.63) is 29.3 Å². The highest BCUT2D eigenvalue weighted by Gasteiger charge is 2.37. The molecule has 1 aromatic rings. The zero-order chi connectivity index (χ0) is 22.8. The number of likely N-dealkylation sites (N-methyl/N-ethyl adjacent to an activating group) is 1. The quantitative estimate of drug-likeness (QED) is 0.405. The van der Waals surface area contributed by atoms with Crippen molar-refractivity contribution in [3.63, 3.8) is 0 Å². The summed E-state index contributed by atoms with van der Waals surface area (Å²) in [6, 6.07) is 1.06. The van der Waals surface area contributed by atoms with Crippen LogP contribution in [0.25, 0.3) is 0 Å². The van der Waals surface area contributed by atoms with Crippen LogP contribution in [0.2, 0.25) is 0 Å². The van der Waals surface area contributed by atoms with Gasteiger partial charge >= 0.3 is 12.4 Å². The number of alkyl halides is 6. The highest BCUT2D eigenvalue weighted by molar-refractivity contribution is 5.94. The summed E-state index contributed by atoms with van der Waals surface area (Å²) in [6.45, 7) is 2.51. The van der Waals surface area contributed by atoms with Crippen LogP contribution in [0.1, 0.15) is 36.8 Å². The maximum atomic E-state index is 13.2. The highest BCUT2D eigenvalue weighted by atomic mass is 19.4. The lowest BCUT2D eigenvalue weighted by Gasteiger charge is -2.36. The Morgan fingerprint density at radius 1 is 0.935 bits per heavy atom. The summed E-state index contributed by atoms with van der Waals surface area (Å²) >= 11 is 0. The second kappa shape index (κ2) is 9.23. The molecule has 3 N–H and O–H groups in total. The zero-order valence-electron chi connectivity index (χ0n) is 17.2. The summed E-state index contributed by atoms with van der Waals surface area (Å²) in [4.78, 5) is 8.62. The topological polar surface area (TPSA) is 56.9 Å². The number of benzene rings is 1. The monoisotopic (exact) mass is 451 g/mol. The lowest BCUT2D eigenvalue weighted by atomic mass is 9.91. The molecule has 174 valence electrons. The number of piperazine rings is 1. The number of nitrogens with one attached hydrogen (secondary N) is 1. The van der Waals surface area contributed by atoms with Crippen molar-refractivity contribution in [1.82, 2.24) is 9.80 Å². The average molecular weight is 451 g/mol. The molecule has 2 atom stereocenters. The van der Waals surface area contributed by atoms with Crippen LogP contribution in [0, 0.1) is 0 Å². The van der Waals surface area contributed by atoms with Crippen LogP contribution in [0.15, 0.2) is 23.2 Å². The van der Waals surface area contributed by atoms with Crippen molar-refractivity contribution in [2.75, 3.05) is 38.5 Å². The maximum Gasteiger partial charge on any atom is 0.416 e. The molecule has 2 fully saturated rings. The van der Waals surface area contributed by atoms with E-state index in [4.69, 9.17) is 5.73 Å². The van der Waals surface area contributed by atoms with Crippen LogP contribution in [-0.2, 0) is 12.4 Å². The summed E-state index contributed by atoms with van der Waals surface area (Å²) in [6.07, 6.45) is -6.39. The number of hydrogen-bond acceptors (Lipinski definition) is 3. The second-order valence-electron chi connectivity index (χ2n) is 8.18. The van der Waals surface area contributed by atoms with E-state index in [0.717, 1.165) is 25.7 Å². The lowest BCUT2D eigenvalue weighted by molar-refractivity contribution is -0.143.